The second-order valence-electron chi connectivity index (χ2n) is 6.12. The number of aldehydes is 1. The predicted molar refractivity (Wildman–Crippen MR) is 78.1 cm³/mol. The maximum Gasteiger partial charge on any atom is 0.155 e. The zero-order valence-electron chi connectivity index (χ0n) is 11.9. The first-order chi connectivity index (χ1) is 9.18. The lowest BCUT2D eigenvalue weighted by atomic mass is 10.0. The minimum Gasteiger partial charge on any atom is -0.298 e. The SMILES string of the molecule is CC(C)Cc1nn(C2(C)CCS(=O)(=O)C2)c(Cl)c1C=O. The summed E-state index contributed by atoms with van der Waals surface area (Å²) in [6.45, 7) is 5.89. The molecule has 2 rings (SSSR count). The van der Waals surface area contributed by atoms with E-state index in [1.165, 1.54) is 4.68 Å². The summed E-state index contributed by atoms with van der Waals surface area (Å²) in [5, 5.41) is 4.67. The van der Waals surface area contributed by atoms with E-state index in [4.69, 9.17) is 11.6 Å². The Kier molecular flexibility index (Phi) is 3.99. The lowest BCUT2D eigenvalue weighted by Gasteiger charge is -2.23. The molecule has 0 aliphatic carbocycles. The van der Waals surface area contributed by atoms with Crippen molar-refractivity contribution in [3.8, 4) is 0 Å². The van der Waals surface area contributed by atoms with Crippen LogP contribution in [0, 0.1) is 5.92 Å². The molecular weight excluding hydrogens is 300 g/mol. The van der Waals surface area contributed by atoms with Gasteiger partial charge in [0.15, 0.2) is 16.1 Å². The minimum atomic E-state index is -3.06. The van der Waals surface area contributed by atoms with Crippen molar-refractivity contribution in [2.24, 2.45) is 5.92 Å². The van der Waals surface area contributed by atoms with Crippen molar-refractivity contribution in [3.05, 3.63) is 16.4 Å². The summed E-state index contributed by atoms with van der Waals surface area (Å²) >= 11 is 6.25. The van der Waals surface area contributed by atoms with Gasteiger partial charge in [0, 0.05) is 0 Å². The average Bonchev–Trinajstić information content (AvgIpc) is 2.77. The summed E-state index contributed by atoms with van der Waals surface area (Å²) in [7, 11) is -3.06. The van der Waals surface area contributed by atoms with Crippen molar-refractivity contribution >= 4 is 27.7 Å². The van der Waals surface area contributed by atoms with Gasteiger partial charge in [-0.05, 0) is 25.7 Å². The highest BCUT2D eigenvalue weighted by Gasteiger charge is 2.42. The molecule has 0 saturated carbocycles. The fourth-order valence-corrected chi connectivity index (χ4v) is 5.13. The number of carbonyl (C=O) groups excluding carboxylic acids is 1. The molecule has 2 heterocycles. The van der Waals surface area contributed by atoms with E-state index in [1.54, 1.807) is 0 Å². The molecule has 5 nitrogen and oxygen atoms in total. The van der Waals surface area contributed by atoms with Gasteiger partial charge in [-0.3, -0.25) is 4.79 Å². The molecule has 1 aliphatic rings. The topological polar surface area (TPSA) is 69.0 Å². The Morgan fingerprint density at radius 3 is 2.60 bits per heavy atom. The molecule has 7 heteroatoms. The van der Waals surface area contributed by atoms with Gasteiger partial charge in [0.1, 0.15) is 5.15 Å². The van der Waals surface area contributed by atoms with Crippen molar-refractivity contribution in [1.29, 1.82) is 0 Å². The highest BCUT2D eigenvalue weighted by molar-refractivity contribution is 7.91. The second kappa shape index (κ2) is 5.15. The third kappa shape index (κ3) is 2.76. The van der Waals surface area contributed by atoms with Crippen molar-refractivity contribution in [2.45, 2.75) is 39.2 Å². The van der Waals surface area contributed by atoms with Gasteiger partial charge in [0.05, 0.1) is 28.3 Å². The highest BCUT2D eigenvalue weighted by Crippen LogP contribution is 2.35. The summed E-state index contributed by atoms with van der Waals surface area (Å²) < 4.78 is 25.0. The van der Waals surface area contributed by atoms with Crippen LogP contribution < -0.4 is 0 Å². The van der Waals surface area contributed by atoms with Crippen LogP contribution in [-0.4, -0.2) is 36.0 Å². The lowest BCUT2D eigenvalue weighted by Crippen LogP contribution is -2.32. The maximum atomic E-state index is 11.7. The van der Waals surface area contributed by atoms with Gasteiger partial charge >= 0.3 is 0 Å². The van der Waals surface area contributed by atoms with Gasteiger partial charge in [-0.15, -0.1) is 0 Å². The standard InChI is InChI=1S/C13H19ClN2O3S/c1-9(2)6-11-10(7-17)12(14)16(15-11)13(3)4-5-20(18,19)8-13/h7,9H,4-6,8H2,1-3H3. The molecular formula is C13H19ClN2O3S. The summed E-state index contributed by atoms with van der Waals surface area (Å²) in [6, 6.07) is 0. The number of nitrogens with zero attached hydrogens (tertiary/aromatic N) is 2. The third-order valence-electron chi connectivity index (χ3n) is 3.65. The fourth-order valence-electron chi connectivity index (χ4n) is 2.62. The van der Waals surface area contributed by atoms with E-state index in [-0.39, 0.29) is 16.7 Å². The van der Waals surface area contributed by atoms with Gasteiger partial charge < -0.3 is 0 Å². The van der Waals surface area contributed by atoms with Crippen LogP contribution in [0.2, 0.25) is 5.15 Å². The van der Waals surface area contributed by atoms with Gasteiger partial charge in [-0.1, -0.05) is 25.4 Å². The van der Waals surface area contributed by atoms with Crippen molar-refractivity contribution in [3.63, 3.8) is 0 Å². The molecule has 0 spiro atoms. The molecule has 1 saturated heterocycles. The Morgan fingerprint density at radius 1 is 1.50 bits per heavy atom. The molecule has 0 aromatic carbocycles. The zero-order valence-corrected chi connectivity index (χ0v) is 13.5. The largest absolute Gasteiger partial charge is 0.298 e. The van der Waals surface area contributed by atoms with E-state index < -0.39 is 15.4 Å². The Bertz CT molecular complexity index is 636. The van der Waals surface area contributed by atoms with Crippen LogP contribution in [0.15, 0.2) is 0 Å². The van der Waals surface area contributed by atoms with E-state index in [0.717, 1.165) is 0 Å². The monoisotopic (exact) mass is 318 g/mol. The summed E-state index contributed by atoms with van der Waals surface area (Å²) in [5.41, 5.74) is 0.361. The van der Waals surface area contributed by atoms with Crippen LogP contribution in [0.4, 0.5) is 0 Å². The molecule has 1 aliphatic heterocycles. The van der Waals surface area contributed by atoms with Gasteiger partial charge in [-0.2, -0.15) is 5.10 Å². The first-order valence-corrected chi connectivity index (χ1v) is 8.82. The molecule has 1 fully saturated rings. The van der Waals surface area contributed by atoms with E-state index in [2.05, 4.69) is 5.10 Å². The fraction of sp³-hybridized carbons (Fsp3) is 0.692. The number of sulfone groups is 1. The third-order valence-corrected chi connectivity index (χ3v) is 5.90. The first-order valence-electron chi connectivity index (χ1n) is 6.62. The van der Waals surface area contributed by atoms with Crippen LogP contribution in [0.1, 0.15) is 43.2 Å². The molecule has 1 unspecified atom stereocenters. The van der Waals surface area contributed by atoms with Gasteiger partial charge in [-0.25, -0.2) is 13.1 Å². The molecule has 0 amide bonds. The molecule has 0 bridgehead atoms. The predicted octanol–water partition coefficient (Wildman–Crippen LogP) is 2.08. The number of carbonyl (C=O) groups is 1. The molecule has 20 heavy (non-hydrogen) atoms. The molecule has 0 N–H and O–H groups in total. The molecule has 0 radical (unpaired) electrons. The van der Waals surface area contributed by atoms with E-state index in [0.29, 0.717) is 36.3 Å². The summed E-state index contributed by atoms with van der Waals surface area (Å²) in [4.78, 5) is 11.2. The molecule has 1 aromatic rings. The smallest absolute Gasteiger partial charge is 0.155 e. The van der Waals surface area contributed by atoms with Crippen LogP contribution in [0.25, 0.3) is 0 Å². The van der Waals surface area contributed by atoms with Gasteiger partial charge in [0.25, 0.3) is 0 Å². The number of hydrogen-bond acceptors (Lipinski definition) is 4. The van der Waals surface area contributed by atoms with E-state index in [9.17, 15) is 13.2 Å². The average molecular weight is 319 g/mol. The Hall–Kier alpha value is -0.880. The number of halogens is 1. The number of hydrogen-bond donors (Lipinski definition) is 0. The van der Waals surface area contributed by atoms with Gasteiger partial charge in [0.2, 0.25) is 0 Å². The normalized spacial score (nSPS) is 25.2. The number of rotatable bonds is 4. The van der Waals surface area contributed by atoms with Crippen LogP contribution in [0.5, 0.6) is 0 Å². The van der Waals surface area contributed by atoms with E-state index >= 15 is 0 Å². The van der Waals surface area contributed by atoms with Crippen molar-refractivity contribution < 1.29 is 13.2 Å². The van der Waals surface area contributed by atoms with Crippen LogP contribution in [0.3, 0.4) is 0 Å². The maximum absolute atomic E-state index is 11.7. The summed E-state index contributed by atoms with van der Waals surface area (Å²) in [5.74, 6) is 0.490. The molecule has 112 valence electrons. The van der Waals surface area contributed by atoms with Crippen molar-refractivity contribution in [2.75, 3.05) is 11.5 Å². The van der Waals surface area contributed by atoms with Crippen LogP contribution >= 0.6 is 11.6 Å². The van der Waals surface area contributed by atoms with Crippen molar-refractivity contribution in [1.82, 2.24) is 9.78 Å². The minimum absolute atomic E-state index is 0.0147. The number of aromatic nitrogens is 2. The zero-order chi connectivity index (χ0) is 15.1. The molecule has 1 aromatic heterocycles. The summed E-state index contributed by atoms with van der Waals surface area (Å²) in [6.07, 6.45) is 1.82. The lowest BCUT2D eigenvalue weighted by molar-refractivity contribution is 0.112. The van der Waals surface area contributed by atoms with E-state index in [1.807, 2.05) is 20.8 Å². The Morgan fingerprint density at radius 2 is 2.15 bits per heavy atom. The molecule has 1 atom stereocenters. The highest BCUT2D eigenvalue weighted by atomic mass is 35.5. The second-order valence-corrected chi connectivity index (χ2v) is 8.66. The Labute approximate surface area is 124 Å². The van der Waals surface area contributed by atoms with Crippen LogP contribution in [-0.2, 0) is 21.8 Å². The Balaban J connectivity index is 2.48. The first kappa shape index (κ1) is 15.5. The quantitative estimate of drug-likeness (QED) is 0.797.